The predicted molar refractivity (Wildman–Crippen MR) is 132 cm³/mol. The number of ether oxygens (including phenoxy) is 1. The minimum absolute atomic E-state index is 0.113. The number of morpholine rings is 1. The number of nitrogens with zero attached hydrogens (tertiary/aromatic N) is 1. The van der Waals surface area contributed by atoms with E-state index in [1.54, 1.807) is 0 Å². The largest absolute Gasteiger partial charge is 0.457 e. The molecule has 0 bridgehead atoms. The van der Waals surface area contributed by atoms with Gasteiger partial charge in [0.1, 0.15) is 11.4 Å². The molecule has 0 aromatic heterocycles. The van der Waals surface area contributed by atoms with Gasteiger partial charge in [0, 0.05) is 24.9 Å². The fourth-order valence-electron chi connectivity index (χ4n) is 9.44. The maximum Gasteiger partial charge on any atom is 0.416 e. The highest BCUT2D eigenvalue weighted by molar-refractivity contribution is 5.87. The first-order valence-electron chi connectivity index (χ1n) is 14.1. The zero-order valence-corrected chi connectivity index (χ0v) is 21.9. The third kappa shape index (κ3) is 4.15. The molecule has 5 fully saturated rings. The van der Waals surface area contributed by atoms with Gasteiger partial charge in [0.25, 0.3) is 0 Å². The molecule has 202 valence electrons. The van der Waals surface area contributed by atoms with Crippen molar-refractivity contribution in [1.82, 2.24) is 4.90 Å². The average molecular weight is 518 g/mol. The SMILES string of the molecule is C[C@]12CC[C@@]3(C[C@@H]1CC[C@@H]1[C@@H]2CC[C@]2(C)C(=O)CC[C@@H]12)CN(Cc1ccc(C(F)(F)F)cc1)CC(=O)O3. The van der Waals surface area contributed by atoms with E-state index < -0.39 is 17.3 Å². The maximum absolute atomic E-state index is 13.0. The molecule has 0 N–H and O–H groups in total. The van der Waals surface area contributed by atoms with Crippen LogP contribution in [0.4, 0.5) is 13.2 Å². The van der Waals surface area contributed by atoms with Gasteiger partial charge in [0.15, 0.2) is 0 Å². The van der Waals surface area contributed by atoms with Gasteiger partial charge in [-0.15, -0.1) is 0 Å². The van der Waals surface area contributed by atoms with E-state index in [0.29, 0.717) is 42.5 Å². The van der Waals surface area contributed by atoms with Crippen molar-refractivity contribution in [3.63, 3.8) is 0 Å². The lowest BCUT2D eigenvalue weighted by Crippen LogP contribution is -2.61. The minimum atomic E-state index is -4.35. The predicted octanol–water partition coefficient (Wildman–Crippen LogP) is 6.41. The van der Waals surface area contributed by atoms with E-state index in [1.807, 2.05) is 0 Å². The fraction of sp³-hybridized carbons (Fsp3) is 0.733. The molecule has 1 aromatic carbocycles. The van der Waals surface area contributed by atoms with Gasteiger partial charge in [-0.1, -0.05) is 26.0 Å². The van der Waals surface area contributed by atoms with Crippen LogP contribution in [0.25, 0.3) is 0 Å². The topological polar surface area (TPSA) is 46.6 Å². The first-order valence-corrected chi connectivity index (χ1v) is 14.1. The van der Waals surface area contributed by atoms with Crippen molar-refractivity contribution in [2.24, 2.45) is 34.5 Å². The van der Waals surface area contributed by atoms with Crippen molar-refractivity contribution >= 4 is 11.8 Å². The molecular formula is C30H38F3NO3. The summed E-state index contributed by atoms with van der Waals surface area (Å²) < 4.78 is 45.0. The lowest BCUT2D eigenvalue weighted by Gasteiger charge is -2.62. The molecule has 5 aliphatic rings. The summed E-state index contributed by atoms with van der Waals surface area (Å²) in [7, 11) is 0. The number of benzene rings is 1. The highest BCUT2D eigenvalue weighted by Crippen LogP contribution is 2.66. The quantitative estimate of drug-likeness (QED) is 0.425. The van der Waals surface area contributed by atoms with Crippen LogP contribution < -0.4 is 0 Å². The summed E-state index contributed by atoms with van der Waals surface area (Å²) in [6.07, 6.45) is 4.60. The number of ketones is 1. The summed E-state index contributed by atoms with van der Waals surface area (Å²) in [6, 6.07) is 5.26. The average Bonchev–Trinajstić information content (AvgIpc) is 3.13. The number of rotatable bonds is 2. The summed E-state index contributed by atoms with van der Waals surface area (Å²) in [4.78, 5) is 27.5. The molecule has 6 rings (SSSR count). The van der Waals surface area contributed by atoms with E-state index >= 15 is 0 Å². The van der Waals surface area contributed by atoms with E-state index in [2.05, 4.69) is 18.7 Å². The summed E-state index contributed by atoms with van der Waals surface area (Å²) in [5.74, 6) is 2.53. The van der Waals surface area contributed by atoms with Crippen LogP contribution in [0, 0.1) is 34.5 Å². The van der Waals surface area contributed by atoms with Crippen LogP contribution in [0.1, 0.15) is 82.8 Å². The fourth-order valence-corrected chi connectivity index (χ4v) is 9.44. The van der Waals surface area contributed by atoms with Crippen molar-refractivity contribution in [3.05, 3.63) is 35.4 Å². The number of hydrogen-bond acceptors (Lipinski definition) is 4. The van der Waals surface area contributed by atoms with Crippen LogP contribution in [-0.2, 0) is 27.0 Å². The lowest BCUT2D eigenvalue weighted by atomic mass is 9.44. The normalized spacial score (nSPS) is 42.2. The Morgan fingerprint density at radius 2 is 1.73 bits per heavy atom. The zero-order chi connectivity index (χ0) is 26.2. The number of esters is 1. The molecular weight excluding hydrogens is 479 g/mol. The zero-order valence-electron chi connectivity index (χ0n) is 21.9. The third-order valence-electron chi connectivity index (χ3n) is 11.4. The Morgan fingerprint density at radius 3 is 2.46 bits per heavy atom. The van der Waals surface area contributed by atoms with Crippen molar-refractivity contribution in [2.45, 2.75) is 90.0 Å². The van der Waals surface area contributed by atoms with E-state index in [1.165, 1.54) is 12.1 Å². The second-order valence-corrected chi connectivity index (χ2v) is 13.3. The first-order chi connectivity index (χ1) is 17.4. The van der Waals surface area contributed by atoms with E-state index in [0.717, 1.165) is 75.5 Å². The van der Waals surface area contributed by atoms with Crippen LogP contribution in [0.15, 0.2) is 24.3 Å². The molecule has 1 saturated heterocycles. The van der Waals surface area contributed by atoms with Gasteiger partial charge in [-0.3, -0.25) is 14.5 Å². The molecule has 4 saturated carbocycles. The highest BCUT2D eigenvalue weighted by Gasteiger charge is 2.62. The maximum atomic E-state index is 13.0. The molecule has 4 nitrogen and oxygen atoms in total. The van der Waals surface area contributed by atoms with Gasteiger partial charge in [0.05, 0.1) is 12.1 Å². The van der Waals surface area contributed by atoms with Crippen molar-refractivity contribution < 1.29 is 27.5 Å². The van der Waals surface area contributed by atoms with Crippen molar-refractivity contribution in [1.29, 1.82) is 0 Å². The number of hydrogen-bond donors (Lipinski definition) is 0. The van der Waals surface area contributed by atoms with Gasteiger partial charge >= 0.3 is 12.1 Å². The summed E-state index contributed by atoms with van der Waals surface area (Å²) >= 11 is 0. The van der Waals surface area contributed by atoms with E-state index in [-0.39, 0.29) is 23.3 Å². The molecule has 1 spiro atoms. The third-order valence-corrected chi connectivity index (χ3v) is 11.4. The Kier molecular flexibility index (Phi) is 5.87. The second-order valence-electron chi connectivity index (χ2n) is 13.3. The summed E-state index contributed by atoms with van der Waals surface area (Å²) in [6.45, 7) is 5.93. The van der Waals surface area contributed by atoms with Crippen LogP contribution in [0.5, 0.6) is 0 Å². The van der Waals surface area contributed by atoms with Crippen molar-refractivity contribution in [2.75, 3.05) is 13.1 Å². The minimum Gasteiger partial charge on any atom is -0.457 e. The molecule has 1 aliphatic heterocycles. The number of carbonyl (C=O) groups excluding carboxylic acids is 2. The van der Waals surface area contributed by atoms with Crippen LogP contribution in [-0.4, -0.2) is 35.3 Å². The molecule has 1 heterocycles. The molecule has 0 unspecified atom stereocenters. The monoisotopic (exact) mass is 517 g/mol. The number of carbonyl (C=O) groups is 2. The number of halogens is 3. The number of fused-ring (bicyclic) bond motifs is 5. The standard InChI is InChI=1S/C30H38F3NO3/c1-27-13-14-29(15-21(27)7-8-22-23-9-10-25(35)28(23,2)12-11-24(22)27)18-34(17-26(36)37-29)16-19-3-5-20(6-4-19)30(31,32)33/h3-6,21-24H,7-18H2,1-2H3/t21-,22-,23-,24-,27-,28-,29+/m0/s1. The van der Waals surface area contributed by atoms with Gasteiger partial charge in [-0.25, -0.2) is 0 Å². The number of alkyl halides is 3. The Morgan fingerprint density at radius 1 is 0.973 bits per heavy atom. The summed E-state index contributed by atoms with van der Waals surface area (Å²) in [5, 5.41) is 0. The Balaban J connectivity index is 1.16. The highest BCUT2D eigenvalue weighted by atomic mass is 19.4. The van der Waals surface area contributed by atoms with Gasteiger partial charge in [-0.2, -0.15) is 13.2 Å². The smallest absolute Gasteiger partial charge is 0.416 e. The Bertz CT molecular complexity index is 1090. The Labute approximate surface area is 217 Å². The number of Topliss-reactive ketones (excluding diaryl/α,β-unsaturated/α-hetero) is 1. The van der Waals surface area contributed by atoms with Gasteiger partial charge in [0.2, 0.25) is 0 Å². The molecule has 7 heteroatoms. The van der Waals surface area contributed by atoms with Crippen molar-refractivity contribution in [3.8, 4) is 0 Å². The molecule has 37 heavy (non-hydrogen) atoms. The molecule has 4 aliphatic carbocycles. The molecule has 7 atom stereocenters. The second kappa shape index (κ2) is 8.56. The summed E-state index contributed by atoms with van der Waals surface area (Å²) in [5.41, 5.74) is -0.292. The van der Waals surface area contributed by atoms with E-state index in [4.69, 9.17) is 4.74 Å². The van der Waals surface area contributed by atoms with Gasteiger partial charge in [-0.05, 0) is 98.1 Å². The van der Waals surface area contributed by atoms with Crippen LogP contribution >= 0.6 is 0 Å². The molecule has 1 aromatic rings. The lowest BCUT2D eigenvalue weighted by molar-refractivity contribution is -0.200. The molecule has 0 amide bonds. The Hall–Kier alpha value is -1.89. The van der Waals surface area contributed by atoms with Crippen LogP contribution in [0.2, 0.25) is 0 Å². The first kappa shape index (κ1) is 25.4. The van der Waals surface area contributed by atoms with Gasteiger partial charge < -0.3 is 4.74 Å². The van der Waals surface area contributed by atoms with E-state index in [9.17, 15) is 22.8 Å². The molecule has 0 radical (unpaired) electrons. The van der Waals surface area contributed by atoms with Crippen LogP contribution in [0.3, 0.4) is 0 Å².